The molecule has 0 spiro atoms. The van der Waals surface area contributed by atoms with Crippen LogP contribution in [-0.4, -0.2) is 163 Å². The highest BCUT2D eigenvalue weighted by Gasteiger charge is 2.58. The van der Waals surface area contributed by atoms with Gasteiger partial charge in [0, 0.05) is 167 Å². The van der Waals surface area contributed by atoms with Crippen molar-refractivity contribution in [1.29, 1.82) is 0 Å². The summed E-state index contributed by atoms with van der Waals surface area (Å²) in [6.07, 6.45) is 16.7. The van der Waals surface area contributed by atoms with E-state index in [1.54, 1.807) is 0 Å². The number of halogens is 1. The topological polar surface area (TPSA) is 89.2 Å². The zero-order chi connectivity index (χ0) is 81.1. The number of hydrogen-bond acceptors (Lipinski definition) is 10. The van der Waals surface area contributed by atoms with Crippen molar-refractivity contribution in [2.45, 2.75) is 162 Å². The lowest BCUT2D eigenvalue weighted by atomic mass is 9.67. The predicted octanol–water partition coefficient (Wildman–Crippen LogP) is 20.3. The van der Waals surface area contributed by atoms with E-state index < -0.39 is 0 Å². The third kappa shape index (κ3) is 21.7. The Balaban J connectivity index is 0.000000140. The lowest BCUT2D eigenvalue weighted by Gasteiger charge is -2.51. The SMILES string of the molecule is C.CC(Nc1ccccc1)C12CN(CCc3ccccc3)CCC1CN(Cc1ccccc1)C2.C[C@@H](N(C(=O)C1CCC1)c1ccccc1)C12CN(CCc3ccccc3)CCC1CN(Cc1ccccc1)C2.C[C@H](N(C(=O)C1CCC1)c1ccccc1)C12CN(CCc3ccccc3)CCC1CN(Cc1ccccc1)C2.O=C(Cl)C1CCC1. The van der Waals surface area contributed by atoms with Gasteiger partial charge >= 0.3 is 0 Å². The molecular weight excluding hydrogens is 1480 g/mol. The average molecular weight is 1620 g/mol. The number of carbonyl (C=O) groups is 3. The molecule has 9 aromatic rings. The van der Waals surface area contributed by atoms with Crippen LogP contribution in [0, 0.1) is 51.8 Å². The van der Waals surface area contributed by atoms with Crippen LogP contribution in [0.2, 0.25) is 0 Å². The Morgan fingerprint density at radius 3 is 0.891 bits per heavy atom. The van der Waals surface area contributed by atoms with Crippen molar-refractivity contribution in [1.82, 2.24) is 29.4 Å². The Kier molecular flexibility index (Phi) is 30.5. The summed E-state index contributed by atoms with van der Waals surface area (Å²) in [6, 6.07) is 98.0. The van der Waals surface area contributed by atoms with Gasteiger partial charge in [0.15, 0.2) is 0 Å². The highest BCUT2D eigenvalue weighted by atomic mass is 35.5. The maximum atomic E-state index is 14.1. The van der Waals surface area contributed by atoms with Gasteiger partial charge in [-0.3, -0.25) is 29.1 Å². The third-order valence-electron chi connectivity index (χ3n) is 29.1. The Morgan fingerprint density at radius 1 is 0.345 bits per heavy atom. The largest absolute Gasteiger partial charge is 0.382 e. The van der Waals surface area contributed by atoms with Gasteiger partial charge in [-0.1, -0.05) is 263 Å². The molecule has 9 aromatic carbocycles. The Morgan fingerprint density at radius 2 is 0.605 bits per heavy atom. The monoisotopic (exact) mass is 1620 g/mol. The minimum absolute atomic E-state index is 0. The molecule has 7 unspecified atom stereocenters. The first-order valence-corrected chi connectivity index (χ1v) is 45.5. The minimum Gasteiger partial charge on any atom is -0.382 e. The number of fused-ring (bicyclic) bond motifs is 3. The highest BCUT2D eigenvalue weighted by molar-refractivity contribution is 6.64. The number of nitrogens with zero attached hydrogens (tertiary/aromatic N) is 8. The molecule has 0 aromatic heterocycles. The van der Waals surface area contributed by atoms with E-state index in [2.05, 4.69) is 338 Å². The van der Waals surface area contributed by atoms with Gasteiger partial charge in [-0.2, -0.15) is 0 Å². The van der Waals surface area contributed by atoms with E-state index in [0.29, 0.717) is 29.7 Å². The summed E-state index contributed by atoms with van der Waals surface area (Å²) in [5.74, 6) is 3.17. The summed E-state index contributed by atoms with van der Waals surface area (Å²) in [7, 11) is 0. The molecule has 12 nitrogen and oxygen atoms in total. The van der Waals surface area contributed by atoms with E-state index in [4.69, 9.17) is 11.6 Å². The molecule has 9 aliphatic rings. The molecule has 1 N–H and O–H groups in total. The van der Waals surface area contributed by atoms with Crippen molar-refractivity contribution in [3.05, 3.63) is 306 Å². The van der Waals surface area contributed by atoms with Crippen LogP contribution in [-0.2, 0) is 53.3 Å². The van der Waals surface area contributed by atoms with E-state index in [0.717, 1.165) is 173 Å². The molecule has 3 saturated carbocycles. The van der Waals surface area contributed by atoms with Crippen LogP contribution < -0.4 is 15.1 Å². The van der Waals surface area contributed by atoms with E-state index in [1.165, 1.54) is 97.2 Å². The van der Waals surface area contributed by atoms with Crippen LogP contribution in [0.4, 0.5) is 17.1 Å². The molecule has 3 aliphatic carbocycles. The van der Waals surface area contributed by atoms with Crippen LogP contribution in [0.5, 0.6) is 0 Å². The number of piperidine rings is 3. The molecule has 6 aliphatic heterocycles. The molecule has 9 fully saturated rings. The summed E-state index contributed by atoms with van der Waals surface area (Å²) in [6.45, 7) is 27.0. The molecule has 9 atom stereocenters. The second kappa shape index (κ2) is 41.8. The first-order valence-electron chi connectivity index (χ1n) is 45.1. The second-order valence-electron chi connectivity index (χ2n) is 36.5. The van der Waals surface area contributed by atoms with Crippen molar-refractivity contribution >= 4 is 45.7 Å². The van der Waals surface area contributed by atoms with Gasteiger partial charge in [0.05, 0.1) is 0 Å². The number of rotatable bonds is 27. The number of carbonyl (C=O) groups excluding carboxylic acids is 3. The maximum absolute atomic E-state index is 14.1. The van der Waals surface area contributed by atoms with Gasteiger partial charge in [-0.15, -0.1) is 0 Å². The number of amides is 2. The Bertz CT molecular complexity index is 4340. The molecule has 6 saturated heterocycles. The van der Waals surface area contributed by atoms with Crippen molar-refractivity contribution in [3.8, 4) is 0 Å². The fraction of sp³-hybridized carbons (Fsp3) is 0.462. The van der Waals surface area contributed by atoms with Crippen LogP contribution in [0.3, 0.4) is 0 Å². The molecule has 119 heavy (non-hydrogen) atoms. The number of likely N-dealkylation sites (tertiary alicyclic amines) is 6. The summed E-state index contributed by atoms with van der Waals surface area (Å²) < 4.78 is 0. The average Bonchev–Trinajstić information content (AvgIpc) is 1.69. The summed E-state index contributed by atoms with van der Waals surface area (Å²) in [5.41, 5.74) is 12.2. The lowest BCUT2D eigenvalue weighted by Crippen LogP contribution is -2.61. The van der Waals surface area contributed by atoms with Crippen LogP contribution >= 0.6 is 11.6 Å². The van der Waals surface area contributed by atoms with Gasteiger partial charge in [-0.25, -0.2) is 0 Å². The summed E-state index contributed by atoms with van der Waals surface area (Å²) >= 11 is 5.14. The molecule has 6 heterocycles. The Labute approximate surface area is 718 Å². The van der Waals surface area contributed by atoms with Gasteiger partial charge in [0.25, 0.3) is 0 Å². The van der Waals surface area contributed by atoms with Crippen LogP contribution in [0.25, 0.3) is 0 Å². The minimum atomic E-state index is -0.147. The normalized spacial score (nSPS) is 24.1. The molecule has 628 valence electrons. The van der Waals surface area contributed by atoms with Gasteiger partial charge < -0.3 is 29.8 Å². The standard InChI is InChI=1S/2C35H43N3O.C30H37N3.C5H7ClO.CH4/c2*1-28(38(33-18-9-4-10-19-33)34(39)31-16-11-17-31)35-26-36(22-20-29-12-5-2-6-13-29)23-21-32(35)25-37(27-35)24-30-14-7-3-8-15-30;1-25(31-29-15-9-4-10-16-29)30-23-32(19-17-26-11-5-2-6-12-26)20-18-28(30)22-33(24-30)21-27-13-7-3-8-14-27;6-5(7)4-2-1-3-4;/h2*2-10,12-15,18-19,28,31-32H,11,16-17,20-27H2,1H3;2-16,25,28,31H,17-24H2,1H3;4H,1-3H2;1H4/t2*28-,32?,35?;;;/m10.../s1. The molecule has 18 rings (SSSR count). The number of anilines is 3. The van der Waals surface area contributed by atoms with Crippen molar-refractivity contribution in [2.75, 3.05) is 113 Å². The van der Waals surface area contributed by atoms with Gasteiger partial charge in [-0.05, 0) is 217 Å². The molecule has 0 radical (unpaired) electrons. The maximum Gasteiger partial charge on any atom is 0.230 e. The van der Waals surface area contributed by atoms with E-state index in [9.17, 15) is 14.4 Å². The molecule has 0 bridgehead atoms. The smallest absolute Gasteiger partial charge is 0.230 e. The van der Waals surface area contributed by atoms with Crippen LogP contribution in [0.15, 0.2) is 273 Å². The van der Waals surface area contributed by atoms with E-state index in [-0.39, 0.29) is 58.8 Å². The van der Waals surface area contributed by atoms with Crippen molar-refractivity contribution < 1.29 is 14.4 Å². The third-order valence-corrected chi connectivity index (χ3v) is 29.4. The summed E-state index contributed by atoms with van der Waals surface area (Å²) in [5, 5.41) is 3.75. The first kappa shape index (κ1) is 86.8. The lowest BCUT2D eigenvalue weighted by molar-refractivity contribution is -0.127. The second-order valence-corrected chi connectivity index (χ2v) is 36.9. The first-order chi connectivity index (χ1) is 57.8. The summed E-state index contributed by atoms with van der Waals surface area (Å²) in [4.78, 5) is 59.0. The van der Waals surface area contributed by atoms with Crippen molar-refractivity contribution in [2.24, 2.45) is 51.8 Å². The predicted molar refractivity (Wildman–Crippen MR) is 492 cm³/mol. The van der Waals surface area contributed by atoms with E-state index in [1.807, 2.05) is 0 Å². The fourth-order valence-corrected chi connectivity index (χ4v) is 21.8. The van der Waals surface area contributed by atoms with E-state index >= 15 is 0 Å². The highest BCUT2D eigenvalue weighted by Crippen LogP contribution is 2.52. The van der Waals surface area contributed by atoms with Gasteiger partial charge in [0.1, 0.15) is 0 Å². The molecule has 13 heteroatoms. The zero-order valence-electron chi connectivity index (χ0n) is 70.7. The number of hydrogen-bond donors (Lipinski definition) is 1. The number of benzene rings is 9. The van der Waals surface area contributed by atoms with Crippen molar-refractivity contribution in [3.63, 3.8) is 0 Å². The molecular formula is C106H134ClN9O3. The fourth-order valence-electron chi connectivity index (χ4n) is 21.6. The number of para-hydroxylation sites is 3. The molecule has 2 amide bonds. The zero-order valence-corrected chi connectivity index (χ0v) is 71.4. The van der Waals surface area contributed by atoms with Gasteiger partial charge in [0.2, 0.25) is 17.1 Å². The quantitative estimate of drug-likeness (QED) is 0.0502. The number of nitrogens with one attached hydrogen (secondary N) is 1. The van der Waals surface area contributed by atoms with Crippen LogP contribution in [0.1, 0.15) is 139 Å². The Hall–Kier alpha value is -8.56.